The van der Waals surface area contributed by atoms with Crippen molar-refractivity contribution in [1.82, 2.24) is 10.2 Å². The Hall–Kier alpha value is -4.25. The summed E-state index contributed by atoms with van der Waals surface area (Å²) in [6.45, 7) is 1.36. The normalized spacial score (nSPS) is 14.0. The van der Waals surface area contributed by atoms with Gasteiger partial charge in [-0.15, -0.1) is 0 Å². The van der Waals surface area contributed by atoms with Gasteiger partial charge in [0.15, 0.2) is 0 Å². The molecule has 1 saturated carbocycles. The number of amides is 2. The van der Waals surface area contributed by atoms with Crippen LogP contribution in [-0.4, -0.2) is 65.1 Å². The van der Waals surface area contributed by atoms with Crippen LogP contribution in [0.4, 0.5) is 5.69 Å². The summed E-state index contributed by atoms with van der Waals surface area (Å²) in [6.07, 6.45) is 4.23. The highest BCUT2D eigenvalue weighted by molar-refractivity contribution is 7.92. The molecule has 0 radical (unpaired) electrons. The number of benzene rings is 3. The second kappa shape index (κ2) is 15.0. The van der Waals surface area contributed by atoms with Crippen LogP contribution in [0.3, 0.4) is 0 Å². The van der Waals surface area contributed by atoms with E-state index >= 15 is 0 Å². The minimum Gasteiger partial charge on any atom is -0.497 e. The van der Waals surface area contributed by atoms with E-state index in [1.165, 1.54) is 37.3 Å². The topological polar surface area (TPSA) is 114 Å². The second-order valence-electron chi connectivity index (χ2n) is 10.6. The van der Waals surface area contributed by atoms with Gasteiger partial charge in [-0.25, -0.2) is 8.42 Å². The van der Waals surface area contributed by atoms with E-state index in [9.17, 15) is 18.0 Å². The third kappa shape index (κ3) is 7.63. The summed E-state index contributed by atoms with van der Waals surface area (Å²) in [7, 11) is 0.207. The maximum atomic E-state index is 14.4. The first-order valence-electron chi connectivity index (χ1n) is 14.7. The van der Waals surface area contributed by atoms with Crippen LogP contribution in [0.25, 0.3) is 0 Å². The molecule has 0 saturated heterocycles. The van der Waals surface area contributed by atoms with Crippen molar-refractivity contribution in [1.29, 1.82) is 0 Å². The standard InChI is InChI=1S/C33H41N3O7S/c1-5-29(33(38)34-25-11-9-10-12-25)35(22-24-15-17-26(41-2)18-16-24)32(37)23-36(44(39,40)28-13-7-6-8-14-28)30-21-27(42-3)19-20-31(30)43-4/h6-8,13-21,25,29H,5,9-12,22-23H2,1-4H3,(H,34,38)/t29-/m0/s1. The highest BCUT2D eigenvalue weighted by Crippen LogP contribution is 2.36. The van der Waals surface area contributed by atoms with Crippen molar-refractivity contribution in [3.8, 4) is 17.2 Å². The van der Waals surface area contributed by atoms with Gasteiger partial charge in [0.2, 0.25) is 11.8 Å². The number of ether oxygens (including phenoxy) is 3. The molecular formula is C33H41N3O7S. The Morgan fingerprint density at radius 1 is 0.886 bits per heavy atom. The Labute approximate surface area is 260 Å². The molecule has 44 heavy (non-hydrogen) atoms. The van der Waals surface area contributed by atoms with Crippen molar-refractivity contribution in [3.05, 3.63) is 78.4 Å². The van der Waals surface area contributed by atoms with E-state index in [4.69, 9.17) is 14.2 Å². The van der Waals surface area contributed by atoms with E-state index in [2.05, 4.69) is 5.32 Å². The van der Waals surface area contributed by atoms with Crippen molar-refractivity contribution in [2.24, 2.45) is 0 Å². The molecule has 0 unspecified atom stereocenters. The first kappa shape index (κ1) is 32.7. The molecule has 0 bridgehead atoms. The first-order valence-corrected chi connectivity index (χ1v) is 16.2. The fraction of sp³-hybridized carbons (Fsp3) is 0.394. The number of rotatable bonds is 14. The van der Waals surface area contributed by atoms with Crippen molar-refractivity contribution < 1.29 is 32.2 Å². The van der Waals surface area contributed by atoms with Crippen molar-refractivity contribution >= 4 is 27.5 Å². The predicted octanol–water partition coefficient (Wildman–Crippen LogP) is 4.77. The third-order valence-corrected chi connectivity index (χ3v) is 9.64. The van der Waals surface area contributed by atoms with Crippen LogP contribution in [0.15, 0.2) is 77.7 Å². The second-order valence-corrected chi connectivity index (χ2v) is 12.5. The first-order chi connectivity index (χ1) is 21.2. The zero-order chi connectivity index (χ0) is 31.7. The summed E-state index contributed by atoms with van der Waals surface area (Å²) in [5, 5.41) is 3.12. The van der Waals surface area contributed by atoms with E-state index in [0.29, 0.717) is 17.9 Å². The largest absolute Gasteiger partial charge is 0.497 e. The molecule has 1 N–H and O–H groups in total. The molecule has 1 fully saturated rings. The molecule has 4 rings (SSSR count). The van der Waals surface area contributed by atoms with E-state index in [1.807, 2.05) is 19.1 Å². The fourth-order valence-corrected chi connectivity index (χ4v) is 6.88. The van der Waals surface area contributed by atoms with Crippen LogP contribution in [0.5, 0.6) is 17.2 Å². The smallest absolute Gasteiger partial charge is 0.264 e. The van der Waals surface area contributed by atoms with Gasteiger partial charge in [-0.05, 0) is 61.2 Å². The Morgan fingerprint density at radius 3 is 2.11 bits per heavy atom. The molecule has 0 spiro atoms. The number of nitrogens with zero attached hydrogens (tertiary/aromatic N) is 2. The monoisotopic (exact) mass is 623 g/mol. The third-order valence-electron chi connectivity index (χ3n) is 7.86. The molecule has 0 aliphatic heterocycles. The summed E-state index contributed by atoms with van der Waals surface area (Å²) in [4.78, 5) is 29.5. The number of methoxy groups -OCH3 is 3. The van der Waals surface area contributed by atoms with Gasteiger partial charge in [0, 0.05) is 18.7 Å². The zero-order valence-electron chi connectivity index (χ0n) is 25.7. The van der Waals surface area contributed by atoms with Gasteiger partial charge in [-0.2, -0.15) is 0 Å². The number of hydrogen-bond donors (Lipinski definition) is 1. The van der Waals surface area contributed by atoms with Crippen molar-refractivity contribution in [2.45, 2.75) is 62.6 Å². The van der Waals surface area contributed by atoms with E-state index in [1.54, 1.807) is 49.6 Å². The summed E-state index contributed by atoms with van der Waals surface area (Å²) < 4.78 is 45.5. The van der Waals surface area contributed by atoms with Gasteiger partial charge < -0.3 is 24.4 Å². The Morgan fingerprint density at radius 2 is 1.52 bits per heavy atom. The molecule has 11 heteroatoms. The highest BCUT2D eigenvalue weighted by Gasteiger charge is 2.35. The Kier molecular flexibility index (Phi) is 11.1. The van der Waals surface area contributed by atoms with Crippen molar-refractivity contribution in [3.63, 3.8) is 0 Å². The maximum Gasteiger partial charge on any atom is 0.264 e. The molecule has 236 valence electrons. The zero-order valence-corrected chi connectivity index (χ0v) is 26.5. The van der Waals surface area contributed by atoms with Crippen LogP contribution in [-0.2, 0) is 26.2 Å². The molecule has 1 aliphatic rings. The summed E-state index contributed by atoms with van der Waals surface area (Å²) in [5.74, 6) is 0.490. The van der Waals surface area contributed by atoms with Crippen LogP contribution in [0.2, 0.25) is 0 Å². The number of anilines is 1. The maximum absolute atomic E-state index is 14.4. The minimum absolute atomic E-state index is 0.00500. The lowest BCUT2D eigenvalue weighted by atomic mass is 10.1. The van der Waals surface area contributed by atoms with Crippen molar-refractivity contribution in [2.75, 3.05) is 32.2 Å². The van der Waals surface area contributed by atoms with Crippen LogP contribution in [0.1, 0.15) is 44.6 Å². The average Bonchev–Trinajstić information content (AvgIpc) is 3.56. The summed E-state index contributed by atoms with van der Waals surface area (Å²) >= 11 is 0. The molecule has 3 aromatic carbocycles. The van der Waals surface area contributed by atoms with E-state index < -0.39 is 28.5 Å². The molecule has 3 aromatic rings. The number of hydrogen-bond acceptors (Lipinski definition) is 7. The lowest BCUT2D eigenvalue weighted by Crippen LogP contribution is -2.53. The Bertz CT molecular complexity index is 1510. The van der Waals surface area contributed by atoms with E-state index in [-0.39, 0.29) is 34.8 Å². The molecule has 0 aromatic heterocycles. The molecule has 1 atom stereocenters. The number of nitrogens with one attached hydrogen (secondary N) is 1. The Balaban J connectivity index is 1.77. The number of carbonyl (C=O) groups is 2. The van der Waals surface area contributed by atoms with Crippen LogP contribution in [0, 0.1) is 0 Å². The van der Waals surface area contributed by atoms with Gasteiger partial charge in [-0.1, -0.05) is 50.1 Å². The van der Waals surface area contributed by atoms with Gasteiger partial charge in [0.05, 0.1) is 31.9 Å². The van der Waals surface area contributed by atoms with Gasteiger partial charge in [-0.3, -0.25) is 13.9 Å². The van der Waals surface area contributed by atoms with E-state index in [0.717, 1.165) is 35.6 Å². The van der Waals surface area contributed by atoms with Gasteiger partial charge >= 0.3 is 0 Å². The summed E-state index contributed by atoms with van der Waals surface area (Å²) in [5.41, 5.74) is 0.902. The highest BCUT2D eigenvalue weighted by atomic mass is 32.2. The quantitative estimate of drug-likeness (QED) is 0.275. The summed E-state index contributed by atoms with van der Waals surface area (Å²) in [6, 6.07) is 19.1. The number of carbonyl (C=O) groups excluding carboxylic acids is 2. The minimum atomic E-state index is -4.26. The van der Waals surface area contributed by atoms with Crippen LogP contribution < -0.4 is 23.8 Å². The SMILES string of the molecule is CC[C@@H](C(=O)NC1CCCC1)N(Cc1ccc(OC)cc1)C(=O)CN(c1cc(OC)ccc1OC)S(=O)(=O)c1ccccc1. The number of sulfonamides is 1. The fourth-order valence-electron chi connectivity index (χ4n) is 5.44. The van der Waals surface area contributed by atoms with Gasteiger partial charge in [0.25, 0.3) is 10.0 Å². The predicted molar refractivity (Wildman–Crippen MR) is 169 cm³/mol. The van der Waals surface area contributed by atoms with Gasteiger partial charge in [0.1, 0.15) is 29.8 Å². The molecular weight excluding hydrogens is 582 g/mol. The lowest BCUT2D eigenvalue weighted by Gasteiger charge is -2.34. The molecule has 10 nitrogen and oxygen atoms in total. The lowest BCUT2D eigenvalue weighted by molar-refractivity contribution is -0.140. The molecule has 1 aliphatic carbocycles. The molecule has 0 heterocycles. The molecule has 2 amide bonds. The average molecular weight is 624 g/mol. The van der Waals surface area contributed by atoms with Crippen LogP contribution >= 0.6 is 0 Å².